The van der Waals surface area contributed by atoms with E-state index in [1.165, 1.54) is 23.1 Å². The second-order valence-electron chi connectivity index (χ2n) is 5.37. The van der Waals surface area contributed by atoms with Crippen LogP contribution in [0, 0.1) is 0 Å². The monoisotopic (exact) mass is 336 g/mol. The summed E-state index contributed by atoms with van der Waals surface area (Å²) in [6.45, 7) is 1.60. The standard InChI is InChI=1S/C16H15F3N4O/c17-16(18,19)13-5-2-1-4-12(13)14(24)22-8-10-23(11-9-22)15-20-6-3-7-21-15/h1-7H,8-11H2. The van der Waals surface area contributed by atoms with Crippen molar-refractivity contribution in [3.63, 3.8) is 0 Å². The van der Waals surface area contributed by atoms with Crippen LogP contribution in [0.5, 0.6) is 0 Å². The maximum absolute atomic E-state index is 13.1. The van der Waals surface area contributed by atoms with Crippen molar-refractivity contribution in [2.24, 2.45) is 0 Å². The third-order valence-electron chi connectivity index (χ3n) is 3.86. The van der Waals surface area contributed by atoms with Crippen LogP contribution in [0.15, 0.2) is 42.7 Å². The van der Waals surface area contributed by atoms with Gasteiger partial charge in [-0.25, -0.2) is 9.97 Å². The average Bonchev–Trinajstić information content (AvgIpc) is 2.61. The minimum Gasteiger partial charge on any atom is -0.337 e. The summed E-state index contributed by atoms with van der Waals surface area (Å²) >= 11 is 0. The molecule has 0 bridgehead atoms. The molecule has 1 aromatic heterocycles. The summed E-state index contributed by atoms with van der Waals surface area (Å²) in [6, 6.07) is 6.58. The summed E-state index contributed by atoms with van der Waals surface area (Å²) in [5, 5.41) is 0. The van der Waals surface area contributed by atoms with Crippen LogP contribution in [0.1, 0.15) is 15.9 Å². The van der Waals surface area contributed by atoms with E-state index in [0.717, 1.165) is 6.07 Å². The first kappa shape index (κ1) is 16.2. The maximum atomic E-state index is 13.1. The third kappa shape index (κ3) is 3.32. The quantitative estimate of drug-likeness (QED) is 0.845. The Morgan fingerprint density at radius 2 is 1.58 bits per heavy atom. The fourth-order valence-corrected chi connectivity index (χ4v) is 2.65. The topological polar surface area (TPSA) is 49.3 Å². The molecule has 1 aliphatic rings. The fourth-order valence-electron chi connectivity index (χ4n) is 2.65. The Morgan fingerprint density at radius 1 is 0.958 bits per heavy atom. The second kappa shape index (κ2) is 6.46. The van der Waals surface area contributed by atoms with Crippen LogP contribution in [0.2, 0.25) is 0 Å². The van der Waals surface area contributed by atoms with E-state index in [9.17, 15) is 18.0 Å². The molecule has 0 spiro atoms. The highest BCUT2D eigenvalue weighted by atomic mass is 19.4. The molecule has 3 rings (SSSR count). The smallest absolute Gasteiger partial charge is 0.337 e. The summed E-state index contributed by atoms with van der Waals surface area (Å²) < 4.78 is 39.2. The molecular formula is C16H15F3N4O. The van der Waals surface area contributed by atoms with Gasteiger partial charge >= 0.3 is 6.18 Å². The Hall–Kier alpha value is -2.64. The van der Waals surface area contributed by atoms with Crippen molar-refractivity contribution in [1.29, 1.82) is 0 Å². The van der Waals surface area contributed by atoms with Crippen LogP contribution in [-0.4, -0.2) is 47.0 Å². The van der Waals surface area contributed by atoms with Crippen molar-refractivity contribution in [3.8, 4) is 0 Å². The van der Waals surface area contributed by atoms with Gasteiger partial charge in [0.2, 0.25) is 5.95 Å². The molecule has 8 heteroatoms. The van der Waals surface area contributed by atoms with Gasteiger partial charge in [0.1, 0.15) is 0 Å². The van der Waals surface area contributed by atoms with Crippen LogP contribution < -0.4 is 4.90 Å². The highest BCUT2D eigenvalue weighted by Gasteiger charge is 2.36. The van der Waals surface area contributed by atoms with Crippen LogP contribution in [0.25, 0.3) is 0 Å². The number of carbonyl (C=O) groups excluding carboxylic acids is 1. The van der Waals surface area contributed by atoms with E-state index in [-0.39, 0.29) is 5.56 Å². The van der Waals surface area contributed by atoms with Gasteiger partial charge in [-0.1, -0.05) is 12.1 Å². The fraction of sp³-hybridized carbons (Fsp3) is 0.312. The van der Waals surface area contributed by atoms with Gasteiger partial charge in [-0.2, -0.15) is 13.2 Å². The van der Waals surface area contributed by atoms with Crippen molar-refractivity contribution in [2.45, 2.75) is 6.18 Å². The van der Waals surface area contributed by atoms with Gasteiger partial charge in [-0.3, -0.25) is 4.79 Å². The molecule has 1 fully saturated rings. The Morgan fingerprint density at radius 3 is 2.21 bits per heavy atom. The lowest BCUT2D eigenvalue weighted by Crippen LogP contribution is -2.49. The van der Waals surface area contributed by atoms with Gasteiger partial charge in [0, 0.05) is 38.6 Å². The first-order chi connectivity index (χ1) is 11.5. The van der Waals surface area contributed by atoms with Crippen LogP contribution >= 0.6 is 0 Å². The Bertz CT molecular complexity index is 713. The number of aromatic nitrogens is 2. The molecule has 1 saturated heterocycles. The molecule has 0 unspecified atom stereocenters. The Labute approximate surface area is 136 Å². The summed E-state index contributed by atoms with van der Waals surface area (Å²) in [6.07, 6.45) is -1.30. The molecule has 5 nitrogen and oxygen atoms in total. The number of anilines is 1. The molecule has 0 saturated carbocycles. The van der Waals surface area contributed by atoms with Gasteiger partial charge in [-0.05, 0) is 18.2 Å². The molecule has 0 radical (unpaired) electrons. The lowest BCUT2D eigenvalue weighted by atomic mass is 10.1. The summed E-state index contributed by atoms with van der Waals surface area (Å²) in [4.78, 5) is 24.1. The molecule has 24 heavy (non-hydrogen) atoms. The number of hydrogen-bond donors (Lipinski definition) is 0. The number of nitrogens with zero attached hydrogens (tertiary/aromatic N) is 4. The van der Waals surface area contributed by atoms with E-state index in [1.807, 2.05) is 4.90 Å². The SMILES string of the molecule is O=C(c1ccccc1C(F)(F)F)N1CCN(c2ncccn2)CC1. The molecule has 2 aromatic rings. The van der Waals surface area contributed by atoms with Gasteiger partial charge in [-0.15, -0.1) is 0 Å². The van der Waals surface area contributed by atoms with Crippen molar-refractivity contribution in [3.05, 3.63) is 53.9 Å². The number of halogens is 3. The predicted octanol–water partition coefficient (Wildman–Crippen LogP) is 2.46. The molecule has 0 atom stereocenters. The normalized spacial score (nSPS) is 15.5. The van der Waals surface area contributed by atoms with E-state index in [1.54, 1.807) is 18.5 Å². The molecule has 1 aromatic carbocycles. The van der Waals surface area contributed by atoms with Gasteiger partial charge in [0.15, 0.2) is 0 Å². The van der Waals surface area contributed by atoms with Crippen molar-refractivity contribution in [1.82, 2.24) is 14.9 Å². The minimum atomic E-state index is -4.55. The maximum Gasteiger partial charge on any atom is 0.417 e. The zero-order valence-corrected chi connectivity index (χ0v) is 12.7. The molecule has 126 valence electrons. The van der Waals surface area contributed by atoms with E-state index < -0.39 is 17.6 Å². The number of rotatable bonds is 2. The molecule has 2 heterocycles. The molecule has 1 aliphatic heterocycles. The van der Waals surface area contributed by atoms with Gasteiger partial charge < -0.3 is 9.80 Å². The highest BCUT2D eigenvalue weighted by Crippen LogP contribution is 2.32. The number of hydrogen-bond acceptors (Lipinski definition) is 4. The predicted molar refractivity (Wildman–Crippen MR) is 81.6 cm³/mol. The number of piperazine rings is 1. The summed E-state index contributed by atoms with van der Waals surface area (Å²) in [7, 11) is 0. The van der Waals surface area contributed by atoms with Crippen LogP contribution in [0.3, 0.4) is 0 Å². The van der Waals surface area contributed by atoms with E-state index >= 15 is 0 Å². The van der Waals surface area contributed by atoms with Crippen LogP contribution in [-0.2, 0) is 6.18 Å². The lowest BCUT2D eigenvalue weighted by Gasteiger charge is -2.35. The number of benzene rings is 1. The Kier molecular flexibility index (Phi) is 4.37. The lowest BCUT2D eigenvalue weighted by molar-refractivity contribution is -0.138. The zero-order valence-electron chi connectivity index (χ0n) is 12.7. The minimum absolute atomic E-state index is 0.311. The summed E-state index contributed by atoms with van der Waals surface area (Å²) in [5.74, 6) is -0.0446. The van der Waals surface area contributed by atoms with Gasteiger partial charge in [0.05, 0.1) is 11.1 Å². The number of amides is 1. The summed E-state index contributed by atoms with van der Waals surface area (Å²) in [5.41, 5.74) is -1.21. The van der Waals surface area contributed by atoms with E-state index in [0.29, 0.717) is 32.1 Å². The Balaban J connectivity index is 1.72. The third-order valence-corrected chi connectivity index (χ3v) is 3.86. The van der Waals surface area contributed by atoms with E-state index in [2.05, 4.69) is 9.97 Å². The van der Waals surface area contributed by atoms with Gasteiger partial charge in [0.25, 0.3) is 5.91 Å². The average molecular weight is 336 g/mol. The first-order valence-corrected chi connectivity index (χ1v) is 7.44. The van der Waals surface area contributed by atoms with E-state index in [4.69, 9.17) is 0 Å². The second-order valence-corrected chi connectivity index (χ2v) is 5.37. The molecular weight excluding hydrogens is 321 g/mol. The largest absolute Gasteiger partial charge is 0.417 e. The van der Waals surface area contributed by atoms with Crippen molar-refractivity contribution < 1.29 is 18.0 Å². The van der Waals surface area contributed by atoms with Crippen molar-refractivity contribution in [2.75, 3.05) is 31.1 Å². The van der Waals surface area contributed by atoms with Crippen LogP contribution in [0.4, 0.5) is 19.1 Å². The first-order valence-electron chi connectivity index (χ1n) is 7.44. The molecule has 1 amide bonds. The van der Waals surface area contributed by atoms with Crippen molar-refractivity contribution >= 4 is 11.9 Å². The number of carbonyl (C=O) groups is 1. The molecule has 0 N–H and O–H groups in total. The highest BCUT2D eigenvalue weighted by molar-refractivity contribution is 5.96. The molecule has 0 aliphatic carbocycles. The zero-order chi connectivity index (χ0) is 17.2. The number of alkyl halides is 3.